The molecule has 0 bridgehead atoms. The van der Waals surface area contributed by atoms with E-state index in [1.54, 1.807) is 51.1 Å². The number of carbonyl (C=O) groups is 2. The minimum atomic E-state index is -3.66. The molecule has 0 aliphatic carbocycles. The third-order valence-electron chi connectivity index (χ3n) is 3.25. The fourth-order valence-corrected chi connectivity index (χ4v) is 2.60. The Morgan fingerprint density at radius 3 is 2.20 bits per heavy atom. The first kappa shape index (κ1) is 20.9. The Balaban J connectivity index is 2.89. The molecule has 0 radical (unpaired) electrons. The predicted octanol–water partition coefficient (Wildman–Crippen LogP) is 1.72. The molecular weight excluding hydrogens is 346 g/mol. The van der Waals surface area contributed by atoms with Crippen LogP contribution in [-0.4, -0.2) is 38.8 Å². The van der Waals surface area contributed by atoms with Crippen molar-refractivity contribution in [3.8, 4) is 0 Å². The summed E-state index contributed by atoms with van der Waals surface area (Å²) in [6.07, 6.45) is 1.85. The molecule has 1 N–H and O–H groups in total. The first-order chi connectivity index (χ1) is 11.6. The molecule has 1 aromatic rings. The van der Waals surface area contributed by atoms with Gasteiger partial charge in [-0.15, -0.1) is 0 Å². The van der Waals surface area contributed by atoms with E-state index in [1.807, 2.05) is 0 Å². The van der Waals surface area contributed by atoms with E-state index in [0.29, 0.717) is 5.56 Å². The number of hydrogen-bond donors (Lipinski definition) is 1. The van der Waals surface area contributed by atoms with Crippen LogP contribution in [0.15, 0.2) is 42.5 Å². The third kappa shape index (κ3) is 6.67. The van der Waals surface area contributed by atoms with Gasteiger partial charge in [-0.05, 0) is 26.3 Å². The molecule has 0 aromatic heterocycles. The van der Waals surface area contributed by atoms with Crippen LogP contribution in [0.3, 0.4) is 0 Å². The van der Waals surface area contributed by atoms with E-state index >= 15 is 0 Å². The highest BCUT2D eigenvalue weighted by atomic mass is 32.2. The second-order valence-corrected chi connectivity index (χ2v) is 8.65. The van der Waals surface area contributed by atoms with Gasteiger partial charge in [0.2, 0.25) is 10.0 Å². The number of carbonyl (C=O) groups excluding carboxylic acids is 2. The predicted molar refractivity (Wildman–Crippen MR) is 93.1 cm³/mol. The maximum Gasteiger partial charge on any atom is 0.331 e. The summed E-state index contributed by atoms with van der Waals surface area (Å²) in [5.41, 5.74) is 0.653. The summed E-state index contributed by atoms with van der Waals surface area (Å²) in [6, 6.07) is 8.02. The van der Waals surface area contributed by atoms with Crippen LogP contribution in [-0.2, 0) is 29.1 Å². The Bertz CT molecular complexity index is 719. The van der Waals surface area contributed by atoms with Crippen molar-refractivity contribution in [1.82, 2.24) is 4.72 Å². The monoisotopic (exact) mass is 369 g/mol. The summed E-state index contributed by atoms with van der Waals surface area (Å²) in [4.78, 5) is 22.6. The lowest BCUT2D eigenvalue weighted by atomic mass is 10.1. The Kier molecular flexibility index (Phi) is 7.32. The van der Waals surface area contributed by atoms with Gasteiger partial charge in [0.05, 0.1) is 17.9 Å². The molecule has 1 rings (SSSR count). The fourth-order valence-electron chi connectivity index (χ4n) is 1.67. The normalized spacial score (nSPS) is 13.4. The van der Waals surface area contributed by atoms with Gasteiger partial charge in [-0.3, -0.25) is 0 Å². The zero-order valence-electron chi connectivity index (χ0n) is 14.7. The van der Waals surface area contributed by atoms with Crippen molar-refractivity contribution in [1.29, 1.82) is 0 Å². The van der Waals surface area contributed by atoms with Gasteiger partial charge in [0.1, 0.15) is 6.61 Å². The number of sulfonamides is 1. The molecule has 0 aliphatic heterocycles. The molecule has 7 nitrogen and oxygen atoms in total. The Hall–Kier alpha value is -2.19. The summed E-state index contributed by atoms with van der Waals surface area (Å²) in [6.45, 7) is 4.50. The summed E-state index contributed by atoms with van der Waals surface area (Å²) in [5.74, 6) is -1.47. The van der Waals surface area contributed by atoms with E-state index in [2.05, 4.69) is 9.46 Å². The van der Waals surface area contributed by atoms with Crippen LogP contribution in [0.25, 0.3) is 0 Å². The van der Waals surface area contributed by atoms with Crippen LogP contribution in [0.4, 0.5) is 0 Å². The maximum absolute atomic E-state index is 12.4. The summed E-state index contributed by atoms with van der Waals surface area (Å²) in [7, 11) is -2.47. The van der Waals surface area contributed by atoms with Crippen molar-refractivity contribution >= 4 is 22.0 Å². The van der Waals surface area contributed by atoms with Gasteiger partial charge < -0.3 is 9.47 Å². The number of rotatable bonds is 7. The molecule has 1 unspecified atom stereocenters. The van der Waals surface area contributed by atoms with Gasteiger partial charge >= 0.3 is 11.9 Å². The molecule has 1 aromatic carbocycles. The van der Waals surface area contributed by atoms with E-state index in [4.69, 9.17) is 4.74 Å². The molecule has 0 heterocycles. The first-order valence-corrected chi connectivity index (χ1v) is 9.05. The summed E-state index contributed by atoms with van der Waals surface area (Å²) < 4.78 is 35.8. The van der Waals surface area contributed by atoms with E-state index < -0.39 is 32.8 Å². The standard InChI is InChI=1S/C17H23NO6S/c1-17(2,3)25(21,22)18-14(13-8-6-5-7-9-13)12-24-16(20)11-10-15(19)23-4/h5-11,14,18H,12H2,1-4H3/b11-10+. The SMILES string of the molecule is COC(=O)/C=C/C(=O)OCC(NS(=O)(=O)C(C)(C)C)c1ccccc1. The molecule has 0 saturated carbocycles. The Morgan fingerprint density at radius 1 is 1.12 bits per heavy atom. The number of methoxy groups -OCH3 is 1. The van der Waals surface area contributed by atoms with Crippen LogP contribution >= 0.6 is 0 Å². The average molecular weight is 369 g/mol. The molecule has 0 aliphatic rings. The number of ether oxygens (including phenoxy) is 2. The highest BCUT2D eigenvalue weighted by Crippen LogP contribution is 2.20. The molecule has 0 amide bonds. The lowest BCUT2D eigenvalue weighted by molar-refractivity contribution is -0.139. The zero-order chi connectivity index (χ0) is 19.1. The van der Waals surface area contributed by atoms with E-state index in [1.165, 1.54) is 7.11 Å². The Labute approximate surface area is 148 Å². The second-order valence-electron chi connectivity index (χ2n) is 6.18. The van der Waals surface area contributed by atoms with Crippen molar-refractivity contribution in [3.05, 3.63) is 48.0 Å². The highest BCUT2D eigenvalue weighted by Gasteiger charge is 2.32. The van der Waals surface area contributed by atoms with Crippen LogP contribution < -0.4 is 4.72 Å². The molecule has 138 valence electrons. The van der Waals surface area contributed by atoms with Crippen molar-refractivity contribution in [2.75, 3.05) is 13.7 Å². The molecule has 25 heavy (non-hydrogen) atoms. The molecule has 0 saturated heterocycles. The fraction of sp³-hybridized carbons (Fsp3) is 0.412. The van der Waals surface area contributed by atoms with Crippen LogP contribution in [0.5, 0.6) is 0 Å². The van der Waals surface area contributed by atoms with Crippen molar-refractivity contribution in [2.45, 2.75) is 31.6 Å². The van der Waals surface area contributed by atoms with Gasteiger partial charge in [-0.2, -0.15) is 0 Å². The lowest BCUT2D eigenvalue weighted by Crippen LogP contribution is -2.42. The number of esters is 2. The summed E-state index contributed by atoms with van der Waals surface area (Å²) in [5, 5.41) is 0. The van der Waals surface area contributed by atoms with Gasteiger partial charge in [0.15, 0.2) is 0 Å². The van der Waals surface area contributed by atoms with Crippen molar-refractivity contribution < 1.29 is 27.5 Å². The topological polar surface area (TPSA) is 98.8 Å². The molecule has 0 spiro atoms. The quantitative estimate of drug-likeness (QED) is 0.580. The molecule has 1 atom stereocenters. The number of nitrogens with one attached hydrogen (secondary N) is 1. The second kappa shape index (κ2) is 8.77. The highest BCUT2D eigenvalue weighted by molar-refractivity contribution is 7.90. The van der Waals surface area contributed by atoms with Crippen LogP contribution in [0.2, 0.25) is 0 Å². The minimum Gasteiger partial charge on any atom is -0.466 e. The molecule has 0 fully saturated rings. The van der Waals surface area contributed by atoms with Gasteiger partial charge in [0, 0.05) is 12.2 Å². The van der Waals surface area contributed by atoms with Gasteiger partial charge in [-0.25, -0.2) is 22.7 Å². The van der Waals surface area contributed by atoms with Crippen LogP contribution in [0, 0.1) is 0 Å². The smallest absolute Gasteiger partial charge is 0.331 e. The summed E-state index contributed by atoms with van der Waals surface area (Å²) >= 11 is 0. The largest absolute Gasteiger partial charge is 0.466 e. The van der Waals surface area contributed by atoms with Crippen molar-refractivity contribution in [3.63, 3.8) is 0 Å². The van der Waals surface area contributed by atoms with Gasteiger partial charge in [-0.1, -0.05) is 30.3 Å². The molecule has 8 heteroatoms. The lowest BCUT2D eigenvalue weighted by Gasteiger charge is -2.25. The first-order valence-electron chi connectivity index (χ1n) is 7.56. The van der Waals surface area contributed by atoms with E-state index in [9.17, 15) is 18.0 Å². The van der Waals surface area contributed by atoms with E-state index in [-0.39, 0.29) is 6.61 Å². The van der Waals surface area contributed by atoms with Crippen molar-refractivity contribution in [2.24, 2.45) is 0 Å². The number of benzene rings is 1. The van der Waals surface area contributed by atoms with E-state index in [0.717, 1.165) is 12.2 Å². The zero-order valence-corrected chi connectivity index (χ0v) is 15.5. The maximum atomic E-state index is 12.4. The minimum absolute atomic E-state index is 0.219. The third-order valence-corrected chi connectivity index (χ3v) is 5.46. The van der Waals surface area contributed by atoms with Crippen LogP contribution in [0.1, 0.15) is 32.4 Å². The average Bonchev–Trinajstić information content (AvgIpc) is 2.56. The Morgan fingerprint density at radius 2 is 1.68 bits per heavy atom. The molecular formula is C17H23NO6S. The van der Waals surface area contributed by atoms with Gasteiger partial charge in [0.25, 0.3) is 0 Å². The number of hydrogen-bond acceptors (Lipinski definition) is 6.